The first-order valence-corrected chi connectivity index (χ1v) is 7.05. The van der Waals surface area contributed by atoms with E-state index in [1.54, 1.807) is 0 Å². The van der Waals surface area contributed by atoms with Crippen molar-refractivity contribution in [3.63, 3.8) is 0 Å². The van der Waals surface area contributed by atoms with Crippen molar-refractivity contribution in [1.29, 1.82) is 0 Å². The smallest absolute Gasteiger partial charge is 0.186 e. The minimum atomic E-state index is -0.362. The average Bonchev–Trinajstić information content (AvgIpc) is 2.86. The molecule has 0 radical (unpaired) electrons. The third-order valence-electron chi connectivity index (χ3n) is 4.14. The van der Waals surface area contributed by atoms with Crippen LogP contribution in [0, 0.1) is 6.92 Å². The third kappa shape index (κ3) is 2.48. The molecule has 2 aliphatic rings. The number of nitrogens with two attached hydrogens (primary N) is 1. The molecule has 2 N–H and O–H groups in total. The SMILES string of the molecule is Cc1cc(N2CCCC3(C2)OCCO3)ccc1CN. The van der Waals surface area contributed by atoms with E-state index in [0.29, 0.717) is 6.54 Å². The molecule has 3 rings (SSSR count). The summed E-state index contributed by atoms with van der Waals surface area (Å²) in [5, 5.41) is 0. The highest BCUT2D eigenvalue weighted by Crippen LogP contribution is 2.33. The summed E-state index contributed by atoms with van der Waals surface area (Å²) in [7, 11) is 0. The molecule has 0 aliphatic carbocycles. The number of benzene rings is 1. The van der Waals surface area contributed by atoms with Gasteiger partial charge in [0.15, 0.2) is 5.79 Å². The summed E-state index contributed by atoms with van der Waals surface area (Å²) >= 11 is 0. The Bertz CT molecular complexity index is 455. The van der Waals surface area contributed by atoms with Gasteiger partial charge in [0.1, 0.15) is 0 Å². The van der Waals surface area contributed by atoms with Crippen molar-refractivity contribution in [2.75, 3.05) is 31.2 Å². The summed E-state index contributed by atoms with van der Waals surface area (Å²) in [6.45, 7) is 6.05. The quantitative estimate of drug-likeness (QED) is 0.883. The largest absolute Gasteiger partial charge is 0.366 e. The van der Waals surface area contributed by atoms with Crippen molar-refractivity contribution in [2.24, 2.45) is 5.73 Å². The van der Waals surface area contributed by atoms with E-state index < -0.39 is 0 Å². The molecular weight excluding hydrogens is 240 g/mol. The summed E-state index contributed by atoms with van der Waals surface area (Å²) in [5.41, 5.74) is 9.43. The van der Waals surface area contributed by atoms with Crippen molar-refractivity contribution >= 4 is 5.69 Å². The lowest BCUT2D eigenvalue weighted by atomic mass is 10.0. The fraction of sp³-hybridized carbons (Fsp3) is 0.600. The normalized spacial score (nSPS) is 22.1. The summed E-state index contributed by atoms with van der Waals surface area (Å²) in [6.07, 6.45) is 2.11. The number of piperidine rings is 1. The van der Waals surface area contributed by atoms with Crippen molar-refractivity contribution in [3.05, 3.63) is 29.3 Å². The molecule has 4 nitrogen and oxygen atoms in total. The molecule has 2 saturated heterocycles. The summed E-state index contributed by atoms with van der Waals surface area (Å²) in [5.74, 6) is -0.362. The Hall–Kier alpha value is -1.10. The summed E-state index contributed by atoms with van der Waals surface area (Å²) in [6, 6.07) is 6.50. The topological polar surface area (TPSA) is 47.7 Å². The number of rotatable bonds is 2. The number of aryl methyl sites for hydroxylation is 1. The molecule has 0 amide bonds. The van der Waals surface area contributed by atoms with Gasteiger partial charge in [0.25, 0.3) is 0 Å². The van der Waals surface area contributed by atoms with Gasteiger partial charge in [-0.1, -0.05) is 6.07 Å². The highest BCUT2D eigenvalue weighted by Gasteiger charge is 2.40. The maximum absolute atomic E-state index is 5.82. The van der Waals surface area contributed by atoms with E-state index >= 15 is 0 Å². The van der Waals surface area contributed by atoms with Gasteiger partial charge in [-0.2, -0.15) is 0 Å². The molecule has 0 unspecified atom stereocenters. The maximum Gasteiger partial charge on any atom is 0.186 e. The predicted octanol–water partition coefficient (Wildman–Crippen LogP) is 1.80. The van der Waals surface area contributed by atoms with Crippen LogP contribution in [0.5, 0.6) is 0 Å². The minimum Gasteiger partial charge on any atom is -0.366 e. The summed E-state index contributed by atoms with van der Waals surface area (Å²) in [4.78, 5) is 2.36. The van der Waals surface area contributed by atoms with Gasteiger partial charge in [0.05, 0.1) is 19.8 Å². The molecule has 1 spiro atoms. The average molecular weight is 262 g/mol. The predicted molar refractivity (Wildman–Crippen MR) is 75.2 cm³/mol. The van der Waals surface area contributed by atoms with Gasteiger partial charge in [-0.3, -0.25) is 0 Å². The van der Waals surface area contributed by atoms with Crippen molar-refractivity contribution < 1.29 is 9.47 Å². The zero-order valence-corrected chi connectivity index (χ0v) is 11.5. The van der Waals surface area contributed by atoms with Crippen LogP contribution in [-0.2, 0) is 16.0 Å². The molecule has 2 aliphatic heterocycles. The molecule has 19 heavy (non-hydrogen) atoms. The van der Waals surface area contributed by atoms with E-state index in [4.69, 9.17) is 15.2 Å². The summed E-state index contributed by atoms with van der Waals surface area (Å²) < 4.78 is 11.6. The highest BCUT2D eigenvalue weighted by atomic mass is 16.7. The Labute approximate surface area is 114 Å². The first-order valence-electron chi connectivity index (χ1n) is 7.05. The zero-order valence-electron chi connectivity index (χ0n) is 11.5. The lowest BCUT2D eigenvalue weighted by Gasteiger charge is -2.40. The lowest BCUT2D eigenvalue weighted by Crippen LogP contribution is -2.49. The molecule has 104 valence electrons. The maximum atomic E-state index is 5.82. The molecule has 0 aromatic heterocycles. The van der Waals surface area contributed by atoms with E-state index in [2.05, 4.69) is 30.0 Å². The van der Waals surface area contributed by atoms with Crippen LogP contribution in [-0.4, -0.2) is 32.1 Å². The van der Waals surface area contributed by atoms with Crippen LogP contribution in [0.2, 0.25) is 0 Å². The van der Waals surface area contributed by atoms with Crippen molar-refractivity contribution in [3.8, 4) is 0 Å². The number of ether oxygens (including phenoxy) is 2. The number of hydrogen-bond donors (Lipinski definition) is 1. The Balaban J connectivity index is 1.79. The van der Waals surface area contributed by atoms with E-state index in [1.807, 2.05) is 0 Å². The van der Waals surface area contributed by atoms with Gasteiger partial charge in [0, 0.05) is 25.2 Å². The van der Waals surface area contributed by atoms with Crippen LogP contribution in [0.15, 0.2) is 18.2 Å². The zero-order chi connectivity index (χ0) is 13.3. The molecule has 2 fully saturated rings. The van der Waals surface area contributed by atoms with Crippen LogP contribution in [0.4, 0.5) is 5.69 Å². The second-order valence-electron chi connectivity index (χ2n) is 5.45. The van der Waals surface area contributed by atoms with E-state index in [-0.39, 0.29) is 5.79 Å². The van der Waals surface area contributed by atoms with Gasteiger partial charge in [-0.25, -0.2) is 0 Å². The van der Waals surface area contributed by atoms with Crippen molar-refractivity contribution in [2.45, 2.75) is 32.1 Å². The Morgan fingerprint density at radius 3 is 2.79 bits per heavy atom. The van der Waals surface area contributed by atoms with E-state index in [9.17, 15) is 0 Å². The number of hydrogen-bond acceptors (Lipinski definition) is 4. The first-order chi connectivity index (χ1) is 9.22. The number of anilines is 1. The Kier molecular flexibility index (Phi) is 3.48. The van der Waals surface area contributed by atoms with Gasteiger partial charge in [-0.05, 0) is 36.6 Å². The Morgan fingerprint density at radius 1 is 1.32 bits per heavy atom. The highest BCUT2D eigenvalue weighted by molar-refractivity contribution is 5.51. The van der Waals surface area contributed by atoms with E-state index in [0.717, 1.165) is 39.1 Å². The van der Waals surface area contributed by atoms with Gasteiger partial charge >= 0.3 is 0 Å². The number of nitrogens with zero attached hydrogens (tertiary/aromatic N) is 1. The standard InChI is InChI=1S/C15H22N2O2/c1-12-9-14(4-3-13(12)10-16)17-6-2-5-15(11-17)18-7-8-19-15/h3-4,9H,2,5-8,10-11,16H2,1H3. The van der Waals surface area contributed by atoms with Crippen LogP contribution in [0.3, 0.4) is 0 Å². The van der Waals surface area contributed by atoms with Gasteiger partial charge in [-0.15, -0.1) is 0 Å². The van der Waals surface area contributed by atoms with Crippen molar-refractivity contribution in [1.82, 2.24) is 0 Å². The fourth-order valence-corrected chi connectivity index (χ4v) is 3.05. The molecular formula is C15H22N2O2. The fourth-order valence-electron chi connectivity index (χ4n) is 3.05. The van der Waals surface area contributed by atoms with Crippen LogP contribution >= 0.6 is 0 Å². The minimum absolute atomic E-state index is 0.362. The first kappa shape index (κ1) is 12.9. The molecule has 0 bridgehead atoms. The Morgan fingerprint density at radius 2 is 2.11 bits per heavy atom. The molecule has 4 heteroatoms. The molecule has 1 aromatic carbocycles. The van der Waals surface area contributed by atoms with Gasteiger partial charge in [0.2, 0.25) is 0 Å². The van der Waals surface area contributed by atoms with E-state index in [1.165, 1.54) is 16.8 Å². The second-order valence-corrected chi connectivity index (χ2v) is 5.45. The molecule has 2 heterocycles. The van der Waals surface area contributed by atoms with Crippen LogP contribution < -0.4 is 10.6 Å². The van der Waals surface area contributed by atoms with Gasteiger partial charge < -0.3 is 20.1 Å². The van der Waals surface area contributed by atoms with Crippen LogP contribution in [0.1, 0.15) is 24.0 Å². The molecule has 0 atom stereocenters. The molecule has 0 saturated carbocycles. The monoisotopic (exact) mass is 262 g/mol. The molecule has 1 aromatic rings. The lowest BCUT2D eigenvalue weighted by molar-refractivity contribution is -0.161. The third-order valence-corrected chi connectivity index (χ3v) is 4.14. The van der Waals surface area contributed by atoms with Crippen LogP contribution in [0.25, 0.3) is 0 Å². The second kappa shape index (κ2) is 5.12.